The van der Waals surface area contributed by atoms with Gasteiger partial charge in [-0.05, 0) is 43.3 Å². The first-order valence-corrected chi connectivity index (χ1v) is 6.97. The fraction of sp³-hybridized carbons (Fsp3) is 0.133. The van der Waals surface area contributed by atoms with Crippen LogP contribution in [-0.4, -0.2) is 11.7 Å². The summed E-state index contributed by atoms with van der Waals surface area (Å²) in [5, 5.41) is 2.84. The maximum absolute atomic E-state index is 11.8. The molecule has 0 bridgehead atoms. The Labute approximate surface area is 117 Å². The molecule has 0 spiro atoms. The third kappa shape index (κ3) is 4.34. The van der Waals surface area contributed by atoms with E-state index in [4.69, 9.17) is 5.73 Å². The van der Waals surface area contributed by atoms with E-state index >= 15 is 0 Å². The molecule has 0 saturated carbocycles. The van der Waals surface area contributed by atoms with Gasteiger partial charge in [0.05, 0.1) is 5.75 Å². The van der Waals surface area contributed by atoms with Crippen LogP contribution in [0.5, 0.6) is 0 Å². The minimum atomic E-state index is -0.0173. The fourth-order valence-corrected chi connectivity index (χ4v) is 2.43. The zero-order valence-electron chi connectivity index (χ0n) is 10.7. The van der Waals surface area contributed by atoms with Crippen LogP contribution in [0.2, 0.25) is 0 Å². The first kappa shape index (κ1) is 13.5. The average molecular weight is 272 g/mol. The van der Waals surface area contributed by atoms with Crippen LogP contribution < -0.4 is 11.1 Å². The van der Waals surface area contributed by atoms with Crippen molar-refractivity contribution < 1.29 is 4.79 Å². The molecular weight excluding hydrogens is 256 g/mol. The van der Waals surface area contributed by atoms with Gasteiger partial charge in [-0.25, -0.2) is 0 Å². The smallest absolute Gasteiger partial charge is 0.234 e. The Hall–Kier alpha value is -1.94. The Morgan fingerprint density at radius 2 is 1.95 bits per heavy atom. The highest BCUT2D eigenvalue weighted by Crippen LogP contribution is 2.19. The second-order valence-corrected chi connectivity index (χ2v) is 5.32. The highest BCUT2D eigenvalue weighted by Gasteiger charge is 2.03. The molecule has 0 aliphatic carbocycles. The molecule has 1 amide bonds. The van der Waals surface area contributed by atoms with Crippen molar-refractivity contribution in [1.82, 2.24) is 0 Å². The number of hydrogen-bond donors (Lipinski definition) is 2. The number of thioether (sulfide) groups is 1. The summed E-state index contributed by atoms with van der Waals surface area (Å²) in [7, 11) is 0. The zero-order valence-corrected chi connectivity index (χ0v) is 11.5. The number of rotatable bonds is 4. The summed E-state index contributed by atoms with van der Waals surface area (Å²) >= 11 is 1.53. The van der Waals surface area contributed by atoms with Crippen LogP contribution in [0, 0.1) is 6.92 Å². The van der Waals surface area contributed by atoms with Crippen molar-refractivity contribution in [3.63, 3.8) is 0 Å². The van der Waals surface area contributed by atoms with Crippen molar-refractivity contribution >= 4 is 29.0 Å². The molecule has 3 nitrogen and oxygen atoms in total. The van der Waals surface area contributed by atoms with Crippen molar-refractivity contribution in [2.45, 2.75) is 11.8 Å². The number of nitrogens with two attached hydrogens (primary N) is 1. The van der Waals surface area contributed by atoms with E-state index in [1.165, 1.54) is 17.3 Å². The molecule has 0 aliphatic rings. The topological polar surface area (TPSA) is 55.1 Å². The molecule has 0 aliphatic heterocycles. The summed E-state index contributed by atoms with van der Waals surface area (Å²) in [5.41, 5.74) is 8.24. The molecule has 0 aromatic heterocycles. The van der Waals surface area contributed by atoms with E-state index in [9.17, 15) is 4.79 Å². The number of benzene rings is 2. The summed E-state index contributed by atoms with van der Waals surface area (Å²) in [4.78, 5) is 12.9. The Kier molecular flexibility index (Phi) is 4.47. The van der Waals surface area contributed by atoms with E-state index in [-0.39, 0.29) is 5.91 Å². The second kappa shape index (κ2) is 6.29. The van der Waals surface area contributed by atoms with Crippen LogP contribution in [0.15, 0.2) is 53.4 Å². The third-order valence-electron chi connectivity index (χ3n) is 2.55. The van der Waals surface area contributed by atoms with Crippen molar-refractivity contribution in [3.8, 4) is 0 Å². The number of carbonyl (C=O) groups excluding carboxylic acids is 1. The Morgan fingerprint density at radius 1 is 1.21 bits per heavy atom. The van der Waals surface area contributed by atoms with Crippen LogP contribution >= 0.6 is 11.8 Å². The molecule has 2 rings (SSSR count). The Bertz CT molecular complexity index is 567. The normalized spacial score (nSPS) is 10.2. The molecule has 0 unspecified atom stereocenters. The summed E-state index contributed by atoms with van der Waals surface area (Å²) in [6.07, 6.45) is 0. The van der Waals surface area contributed by atoms with Gasteiger partial charge in [0.25, 0.3) is 0 Å². The van der Waals surface area contributed by atoms with Crippen LogP contribution in [0.3, 0.4) is 0 Å². The number of hydrogen-bond acceptors (Lipinski definition) is 3. The fourth-order valence-electron chi connectivity index (χ4n) is 1.62. The maximum Gasteiger partial charge on any atom is 0.234 e. The molecule has 3 N–H and O–H groups in total. The molecule has 2 aromatic carbocycles. The Morgan fingerprint density at radius 3 is 2.63 bits per heavy atom. The second-order valence-electron chi connectivity index (χ2n) is 4.28. The highest BCUT2D eigenvalue weighted by atomic mass is 32.2. The van der Waals surface area contributed by atoms with Crippen molar-refractivity contribution in [2.75, 3.05) is 16.8 Å². The monoisotopic (exact) mass is 272 g/mol. The van der Waals surface area contributed by atoms with E-state index < -0.39 is 0 Å². The number of aryl methyl sites for hydroxylation is 1. The molecule has 0 saturated heterocycles. The summed E-state index contributed by atoms with van der Waals surface area (Å²) in [6.45, 7) is 2.04. The third-order valence-corrected chi connectivity index (χ3v) is 3.55. The van der Waals surface area contributed by atoms with E-state index in [0.29, 0.717) is 11.4 Å². The van der Waals surface area contributed by atoms with Gasteiger partial charge in [0.1, 0.15) is 0 Å². The van der Waals surface area contributed by atoms with Crippen molar-refractivity contribution in [3.05, 3.63) is 54.1 Å². The van der Waals surface area contributed by atoms with Gasteiger partial charge in [-0.1, -0.05) is 17.7 Å². The molecule has 4 heteroatoms. The predicted octanol–water partition coefficient (Wildman–Crippen LogP) is 3.31. The lowest BCUT2D eigenvalue weighted by molar-refractivity contribution is -0.113. The van der Waals surface area contributed by atoms with Gasteiger partial charge in [-0.15, -0.1) is 11.8 Å². The van der Waals surface area contributed by atoms with Crippen LogP contribution in [0.4, 0.5) is 11.4 Å². The molecule has 2 aromatic rings. The standard InChI is InChI=1S/C15H16N2OS/c1-11-3-2-4-14(9-11)19-10-15(18)17-13-7-5-12(16)6-8-13/h2-9H,10,16H2,1H3,(H,17,18). The van der Waals surface area contributed by atoms with E-state index in [0.717, 1.165) is 10.6 Å². The molecule has 98 valence electrons. The number of anilines is 2. The average Bonchev–Trinajstić information content (AvgIpc) is 2.39. The molecule has 0 atom stereocenters. The lowest BCUT2D eigenvalue weighted by Gasteiger charge is -2.06. The molecule has 0 heterocycles. The predicted molar refractivity (Wildman–Crippen MR) is 81.4 cm³/mol. The summed E-state index contributed by atoms with van der Waals surface area (Å²) in [5.74, 6) is 0.379. The van der Waals surface area contributed by atoms with Gasteiger partial charge in [-0.3, -0.25) is 4.79 Å². The van der Waals surface area contributed by atoms with Gasteiger partial charge >= 0.3 is 0 Å². The minimum absolute atomic E-state index is 0.0173. The van der Waals surface area contributed by atoms with Gasteiger partial charge in [0.2, 0.25) is 5.91 Å². The van der Waals surface area contributed by atoms with E-state index in [2.05, 4.69) is 11.4 Å². The number of nitrogens with one attached hydrogen (secondary N) is 1. The maximum atomic E-state index is 11.8. The lowest BCUT2D eigenvalue weighted by Crippen LogP contribution is -2.13. The Balaban J connectivity index is 1.86. The first-order chi connectivity index (χ1) is 9.13. The highest BCUT2D eigenvalue weighted by molar-refractivity contribution is 8.00. The molecule has 0 radical (unpaired) electrons. The van der Waals surface area contributed by atoms with Crippen LogP contribution in [-0.2, 0) is 4.79 Å². The number of nitrogen functional groups attached to an aromatic ring is 1. The largest absolute Gasteiger partial charge is 0.399 e. The van der Waals surface area contributed by atoms with Crippen LogP contribution in [0.25, 0.3) is 0 Å². The van der Waals surface area contributed by atoms with Gasteiger partial charge < -0.3 is 11.1 Å². The zero-order chi connectivity index (χ0) is 13.7. The minimum Gasteiger partial charge on any atom is -0.399 e. The SMILES string of the molecule is Cc1cccc(SCC(=O)Nc2ccc(N)cc2)c1. The van der Waals surface area contributed by atoms with Gasteiger partial charge in [0.15, 0.2) is 0 Å². The number of carbonyl (C=O) groups is 1. The summed E-state index contributed by atoms with van der Waals surface area (Å²) in [6, 6.07) is 15.2. The van der Waals surface area contributed by atoms with Crippen molar-refractivity contribution in [1.29, 1.82) is 0 Å². The first-order valence-electron chi connectivity index (χ1n) is 5.98. The molecule has 19 heavy (non-hydrogen) atoms. The van der Waals surface area contributed by atoms with Crippen molar-refractivity contribution in [2.24, 2.45) is 0 Å². The summed E-state index contributed by atoms with van der Waals surface area (Å²) < 4.78 is 0. The molecule has 0 fully saturated rings. The lowest BCUT2D eigenvalue weighted by atomic mass is 10.2. The number of amides is 1. The van der Waals surface area contributed by atoms with Gasteiger partial charge in [-0.2, -0.15) is 0 Å². The van der Waals surface area contributed by atoms with Gasteiger partial charge in [0, 0.05) is 16.3 Å². The quantitative estimate of drug-likeness (QED) is 0.663. The van der Waals surface area contributed by atoms with E-state index in [1.807, 2.05) is 25.1 Å². The van der Waals surface area contributed by atoms with Crippen LogP contribution in [0.1, 0.15) is 5.56 Å². The van der Waals surface area contributed by atoms with E-state index in [1.54, 1.807) is 24.3 Å². The molecular formula is C15H16N2OS.